The lowest BCUT2D eigenvalue weighted by Gasteiger charge is -2.13. The molecule has 0 radical (unpaired) electrons. The Balaban J connectivity index is 1.12. The van der Waals surface area contributed by atoms with E-state index in [0.29, 0.717) is 17.4 Å². The Morgan fingerprint density at radius 1 is 0.944 bits per heavy atom. The minimum atomic E-state index is 0.706. The zero-order valence-corrected chi connectivity index (χ0v) is 20.7. The van der Waals surface area contributed by atoms with Crippen molar-refractivity contribution in [3.05, 3.63) is 71.9 Å². The number of rotatable bonds is 9. The van der Waals surface area contributed by atoms with E-state index in [9.17, 15) is 0 Å². The molecule has 1 aliphatic heterocycles. The molecule has 5 aromatic heterocycles. The van der Waals surface area contributed by atoms with Crippen LogP contribution in [0.3, 0.4) is 0 Å². The third kappa shape index (κ3) is 5.39. The van der Waals surface area contributed by atoms with Gasteiger partial charge in [-0.25, -0.2) is 4.98 Å². The number of hydrogen-bond acceptors (Lipinski definition) is 9. The molecule has 0 amide bonds. The van der Waals surface area contributed by atoms with Gasteiger partial charge in [-0.15, -0.1) is 10.2 Å². The lowest BCUT2D eigenvalue weighted by Crippen LogP contribution is -2.21. The van der Waals surface area contributed by atoms with Crippen LogP contribution in [0.2, 0.25) is 0 Å². The highest BCUT2D eigenvalue weighted by Gasteiger charge is 2.12. The molecule has 0 atom stereocenters. The van der Waals surface area contributed by atoms with Crippen LogP contribution in [0.25, 0.3) is 22.2 Å². The van der Waals surface area contributed by atoms with Crippen molar-refractivity contribution in [2.75, 3.05) is 25.0 Å². The third-order valence-electron chi connectivity index (χ3n) is 6.34. The topological polar surface area (TPSA) is 97.5 Å². The van der Waals surface area contributed by atoms with Gasteiger partial charge in [0.15, 0.2) is 0 Å². The number of fused-ring (bicyclic) bond motifs is 1. The maximum absolute atomic E-state index is 4.77. The number of nitrogens with one attached hydrogen (secondary N) is 1. The number of hydrogen-bond donors (Lipinski definition) is 1. The van der Waals surface area contributed by atoms with E-state index in [2.05, 4.69) is 47.7 Å². The summed E-state index contributed by atoms with van der Waals surface area (Å²) in [4.78, 5) is 16.1. The summed E-state index contributed by atoms with van der Waals surface area (Å²) in [7, 11) is 0. The second kappa shape index (κ2) is 10.5. The molecule has 9 nitrogen and oxygen atoms in total. The fourth-order valence-corrected chi connectivity index (χ4v) is 5.27. The van der Waals surface area contributed by atoms with E-state index in [1.165, 1.54) is 37.3 Å². The van der Waals surface area contributed by atoms with Crippen LogP contribution in [0.1, 0.15) is 29.8 Å². The van der Waals surface area contributed by atoms with Crippen LogP contribution >= 0.6 is 11.3 Å². The van der Waals surface area contributed by atoms with E-state index in [1.807, 2.05) is 47.5 Å². The summed E-state index contributed by atoms with van der Waals surface area (Å²) in [6.45, 7) is 4.55. The van der Waals surface area contributed by atoms with Gasteiger partial charge < -0.3 is 10.2 Å². The van der Waals surface area contributed by atoms with Crippen molar-refractivity contribution in [1.82, 2.24) is 39.8 Å². The second-order valence-electron chi connectivity index (χ2n) is 9.02. The summed E-state index contributed by atoms with van der Waals surface area (Å²) in [6, 6.07) is 9.91. The maximum Gasteiger partial charge on any atom is 0.211 e. The molecule has 6 rings (SSSR count). The second-order valence-corrected chi connectivity index (χ2v) is 10.1. The number of pyridine rings is 3. The molecule has 1 saturated heterocycles. The molecule has 5 aromatic rings. The molecular formula is C26H27N9S. The highest BCUT2D eigenvalue weighted by molar-refractivity contribution is 7.15. The first-order chi connectivity index (χ1) is 17.8. The summed E-state index contributed by atoms with van der Waals surface area (Å²) < 4.78 is 2.03. The smallest absolute Gasteiger partial charge is 0.211 e. The Hall–Kier alpha value is -3.76. The molecule has 0 unspecified atom stereocenters. The van der Waals surface area contributed by atoms with E-state index in [0.717, 1.165) is 52.2 Å². The maximum atomic E-state index is 4.77. The van der Waals surface area contributed by atoms with Crippen LogP contribution in [-0.4, -0.2) is 59.5 Å². The van der Waals surface area contributed by atoms with Gasteiger partial charge in [-0.1, -0.05) is 17.4 Å². The Morgan fingerprint density at radius 3 is 2.78 bits per heavy atom. The van der Waals surface area contributed by atoms with Crippen LogP contribution < -0.4 is 5.32 Å². The van der Waals surface area contributed by atoms with Crippen molar-refractivity contribution in [2.24, 2.45) is 0 Å². The van der Waals surface area contributed by atoms with Crippen molar-refractivity contribution in [3.8, 4) is 11.1 Å². The highest BCUT2D eigenvalue weighted by atomic mass is 32.1. The average molecular weight is 498 g/mol. The lowest BCUT2D eigenvalue weighted by atomic mass is 10.1. The molecule has 1 N–H and O–H groups in total. The van der Waals surface area contributed by atoms with Crippen molar-refractivity contribution in [1.29, 1.82) is 0 Å². The van der Waals surface area contributed by atoms with Gasteiger partial charge in [0.25, 0.3) is 0 Å². The van der Waals surface area contributed by atoms with Crippen molar-refractivity contribution < 1.29 is 0 Å². The quantitative estimate of drug-likeness (QED) is 0.317. The standard InChI is InChI=1S/C26H27N9S/c1-2-10-34(9-1)11-4-12-35-18-21(17-29-35)20-14-23-22(28-16-20)6-7-24(30-23)31-26-33-32-25(36-26)13-19-5-3-8-27-15-19/h3,5-8,14-18H,1-2,4,9-13H2,(H,30,31,33). The minimum absolute atomic E-state index is 0.706. The fourth-order valence-electron chi connectivity index (χ4n) is 4.49. The van der Waals surface area contributed by atoms with E-state index in [1.54, 1.807) is 6.20 Å². The monoisotopic (exact) mass is 497 g/mol. The Labute approximate surface area is 213 Å². The van der Waals surface area contributed by atoms with Gasteiger partial charge in [0, 0.05) is 48.9 Å². The first-order valence-corrected chi connectivity index (χ1v) is 13.1. The normalized spacial score (nSPS) is 14.0. The largest absolute Gasteiger partial charge is 0.315 e. The van der Waals surface area contributed by atoms with Crippen LogP contribution in [0, 0.1) is 0 Å². The SMILES string of the molecule is c1cncc(Cc2nnc(Nc3ccc4ncc(-c5cnn(CCCN6CCCC6)c5)cc4n3)s2)c1. The van der Waals surface area contributed by atoms with Crippen molar-refractivity contribution in [2.45, 2.75) is 32.2 Å². The van der Waals surface area contributed by atoms with Crippen LogP contribution in [0.4, 0.5) is 10.9 Å². The Bertz CT molecular complexity index is 1440. The number of aryl methyl sites for hydroxylation is 1. The number of nitrogens with zero attached hydrogens (tertiary/aromatic N) is 8. The first kappa shape index (κ1) is 22.7. The minimum Gasteiger partial charge on any atom is -0.315 e. The van der Waals surface area contributed by atoms with E-state index >= 15 is 0 Å². The molecule has 0 saturated carbocycles. The van der Waals surface area contributed by atoms with Gasteiger partial charge in [0.2, 0.25) is 5.13 Å². The summed E-state index contributed by atoms with van der Waals surface area (Å²) in [5.41, 5.74) is 4.83. The lowest BCUT2D eigenvalue weighted by molar-refractivity contribution is 0.322. The van der Waals surface area contributed by atoms with E-state index in [4.69, 9.17) is 4.98 Å². The van der Waals surface area contributed by atoms with Gasteiger partial charge >= 0.3 is 0 Å². The van der Waals surface area contributed by atoms with Gasteiger partial charge in [0.05, 0.1) is 17.2 Å². The molecule has 36 heavy (non-hydrogen) atoms. The summed E-state index contributed by atoms with van der Waals surface area (Å²) in [5, 5.41) is 18.0. The molecule has 182 valence electrons. The van der Waals surface area contributed by atoms with E-state index in [-0.39, 0.29) is 0 Å². The Morgan fingerprint density at radius 2 is 1.89 bits per heavy atom. The average Bonchev–Trinajstić information content (AvgIpc) is 3.68. The van der Waals surface area contributed by atoms with Gasteiger partial charge in [-0.3, -0.25) is 14.6 Å². The van der Waals surface area contributed by atoms with Crippen LogP contribution in [0.5, 0.6) is 0 Å². The summed E-state index contributed by atoms with van der Waals surface area (Å²) >= 11 is 1.51. The zero-order valence-electron chi connectivity index (χ0n) is 19.9. The van der Waals surface area contributed by atoms with E-state index < -0.39 is 0 Å². The predicted molar refractivity (Wildman–Crippen MR) is 141 cm³/mol. The van der Waals surface area contributed by atoms with Gasteiger partial charge in [-0.2, -0.15) is 5.10 Å². The highest BCUT2D eigenvalue weighted by Crippen LogP contribution is 2.25. The summed E-state index contributed by atoms with van der Waals surface area (Å²) in [5.74, 6) is 0.711. The van der Waals surface area contributed by atoms with Crippen LogP contribution in [-0.2, 0) is 13.0 Å². The third-order valence-corrected chi connectivity index (χ3v) is 7.18. The fraction of sp³-hybridized carbons (Fsp3) is 0.308. The summed E-state index contributed by atoms with van der Waals surface area (Å²) in [6.07, 6.45) is 14.0. The molecule has 1 aliphatic rings. The van der Waals surface area contributed by atoms with Crippen molar-refractivity contribution in [3.63, 3.8) is 0 Å². The van der Waals surface area contributed by atoms with Crippen molar-refractivity contribution >= 4 is 33.3 Å². The van der Waals surface area contributed by atoms with Gasteiger partial charge in [-0.05, 0) is 68.7 Å². The van der Waals surface area contributed by atoms with Crippen LogP contribution in [0.15, 0.2) is 61.3 Å². The van der Waals surface area contributed by atoms with Gasteiger partial charge in [0.1, 0.15) is 10.8 Å². The molecule has 10 heteroatoms. The number of likely N-dealkylation sites (tertiary alicyclic amines) is 1. The predicted octanol–water partition coefficient (Wildman–Crippen LogP) is 4.56. The Kier molecular flexibility index (Phi) is 6.60. The molecule has 0 aliphatic carbocycles. The zero-order chi connectivity index (χ0) is 24.2. The molecule has 6 heterocycles. The molecule has 0 aromatic carbocycles. The first-order valence-electron chi connectivity index (χ1n) is 12.3. The molecule has 0 bridgehead atoms. The molecule has 1 fully saturated rings. The number of aromatic nitrogens is 7. The molecular weight excluding hydrogens is 470 g/mol. The molecule has 0 spiro atoms. The number of anilines is 2.